The first kappa shape index (κ1) is 24.2. The molecule has 25 heavy (non-hydrogen) atoms. The molecular weight excluding hydrogens is 308 g/mol. The summed E-state index contributed by atoms with van der Waals surface area (Å²) in [6.07, 6.45) is 28.6. The summed E-state index contributed by atoms with van der Waals surface area (Å²) in [6.45, 7) is 2.27. The van der Waals surface area contributed by atoms with Crippen molar-refractivity contribution in [2.75, 3.05) is 0 Å². The standard InChI is InChI=1S/C23H44O2/c1-2-3-4-5-6-7-8-9-10-11-12-13-14-15-16-17-18-19-20-21-22-23(24)25/h8-9H,2-7,10-22H2,1H3,(H,24,25). The van der Waals surface area contributed by atoms with Crippen LogP contribution in [-0.4, -0.2) is 11.1 Å². The Hall–Kier alpha value is -0.790. The summed E-state index contributed by atoms with van der Waals surface area (Å²) in [4.78, 5) is 10.4. The summed E-state index contributed by atoms with van der Waals surface area (Å²) >= 11 is 0. The second-order valence-corrected chi connectivity index (χ2v) is 7.50. The van der Waals surface area contributed by atoms with Crippen LogP contribution in [0.15, 0.2) is 12.2 Å². The van der Waals surface area contributed by atoms with Crippen molar-refractivity contribution in [3.8, 4) is 0 Å². The molecule has 0 aromatic rings. The molecule has 0 atom stereocenters. The van der Waals surface area contributed by atoms with Gasteiger partial charge in [0.2, 0.25) is 0 Å². The number of carboxylic acid groups (broad SMARTS) is 1. The smallest absolute Gasteiger partial charge is 0.303 e. The van der Waals surface area contributed by atoms with Gasteiger partial charge in [0, 0.05) is 6.42 Å². The highest BCUT2D eigenvalue weighted by atomic mass is 16.4. The molecule has 0 aliphatic rings. The molecule has 0 fully saturated rings. The second-order valence-electron chi connectivity index (χ2n) is 7.50. The highest BCUT2D eigenvalue weighted by molar-refractivity contribution is 5.66. The van der Waals surface area contributed by atoms with Gasteiger partial charge in [0.1, 0.15) is 0 Å². The minimum absolute atomic E-state index is 0.341. The van der Waals surface area contributed by atoms with E-state index < -0.39 is 5.97 Å². The molecule has 0 rings (SSSR count). The van der Waals surface area contributed by atoms with Gasteiger partial charge in [-0.2, -0.15) is 0 Å². The molecule has 0 saturated carbocycles. The molecular formula is C23H44O2. The normalized spacial score (nSPS) is 11.4. The number of carbonyl (C=O) groups is 1. The van der Waals surface area contributed by atoms with Crippen molar-refractivity contribution in [3.05, 3.63) is 12.2 Å². The summed E-state index contributed by atoms with van der Waals surface area (Å²) in [5, 5.41) is 8.56. The third-order valence-corrected chi connectivity index (χ3v) is 4.90. The summed E-state index contributed by atoms with van der Waals surface area (Å²) in [5.41, 5.74) is 0. The van der Waals surface area contributed by atoms with E-state index in [1.54, 1.807) is 0 Å². The SMILES string of the molecule is CCCCCCCC=CCCCCCCCCCCCCCC(=O)O. The topological polar surface area (TPSA) is 37.3 Å². The molecule has 0 aliphatic heterocycles. The third kappa shape index (κ3) is 23.2. The van der Waals surface area contributed by atoms with E-state index in [-0.39, 0.29) is 0 Å². The number of hydrogen-bond acceptors (Lipinski definition) is 1. The molecule has 0 aliphatic carbocycles. The van der Waals surface area contributed by atoms with Crippen LogP contribution in [0, 0.1) is 0 Å². The highest BCUT2D eigenvalue weighted by Gasteiger charge is 1.96. The Kier molecular flexibility index (Phi) is 20.6. The van der Waals surface area contributed by atoms with E-state index in [0.29, 0.717) is 6.42 Å². The Labute approximate surface area is 157 Å². The van der Waals surface area contributed by atoms with Crippen LogP contribution in [0.4, 0.5) is 0 Å². The number of carboxylic acids is 1. The molecule has 148 valence electrons. The minimum atomic E-state index is -0.655. The molecule has 0 unspecified atom stereocenters. The Morgan fingerprint density at radius 3 is 1.36 bits per heavy atom. The van der Waals surface area contributed by atoms with Crippen molar-refractivity contribution in [2.24, 2.45) is 0 Å². The van der Waals surface area contributed by atoms with Crippen molar-refractivity contribution in [1.29, 1.82) is 0 Å². The zero-order chi connectivity index (χ0) is 18.4. The molecule has 0 radical (unpaired) electrons. The molecule has 0 saturated heterocycles. The molecule has 0 spiro atoms. The maximum atomic E-state index is 10.4. The van der Waals surface area contributed by atoms with Crippen LogP contribution in [0.3, 0.4) is 0 Å². The van der Waals surface area contributed by atoms with E-state index in [1.165, 1.54) is 103 Å². The van der Waals surface area contributed by atoms with E-state index in [0.717, 1.165) is 12.8 Å². The summed E-state index contributed by atoms with van der Waals surface area (Å²) in [6, 6.07) is 0. The molecule has 0 amide bonds. The van der Waals surface area contributed by atoms with Crippen LogP contribution in [0.5, 0.6) is 0 Å². The maximum Gasteiger partial charge on any atom is 0.303 e. The monoisotopic (exact) mass is 352 g/mol. The average molecular weight is 353 g/mol. The largest absolute Gasteiger partial charge is 0.481 e. The van der Waals surface area contributed by atoms with E-state index in [1.807, 2.05) is 0 Å². The van der Waals surface area contributed by atoms with Crippen molar-refractivity contribution < 1.29 is 9.90 Å². The van der Waals surface area contributed by atoms with Crippen LogP contribution in [0.2, 0.25) is 0 Å². The van der Waals surface area contributed by atoms with Gasteiger partial charge >= 0.3 is 5.97 Å². The van der Waals surface area contributed by atoms with Crippen LogP contribution < -0.4 is 0 Å². The lowest BCUT2D eigenvalue weighted by molar-refractivity contribution is -0.137. The fraction of sp³-hybridized carbons (Fsp3) is 0.870. The number of hydrogen-bond donors (Lipinski definition) is 1. The Balaban J connectivity index is 3.05. The molecule has 0 bridgehead atoms. The van der Waals surface area contributed by atoms with Crippen LogP contribution in [0.25, 0.3) is 0 Å². The predicted octanol–water partition coefficient (Wildman–Crippen LogP) is 8.06. The minimum Gasteiger partial charge on any atom is -0.481 e. The van der Waals surface area contributed by atoms with Gasteiger partial charge in [0.05, 0.1) is 0 Å². The summed E-state index contributed by atoms with van der Waals surface area (Å²) < 4.78 is 0. The molecule has 1 N–H and O–H groups in total. The fourth-order valence-corrected chi connectivity index (χ4v) is 3.23. The van der Waals surface area contributed by atoms with Gasteiger partial charge < -0.3 is 5.11 Å². The Morgan fingerprint density at radius 1 is 0.600 bits per heavy atom. The van der Waals surface area contributed by atoms with E-state index in [2.05, 4.69) is 19.1 Å². The molecule has 0 aromatic heterocycles. The molecule has 0 heterocycles. The average Bonchev–Trinajstić information content (AvgIpc) is 2.60. The van der Waals surface area contributed by atoms with Crippen LogP contribution >= 0.6 is 0 Å². The predicted molar refractivity (Wildman–Crippen MR) is 110 cm³/mol. The quantitative estimate of drug-likeness (QED) is 0.178. The molecule has 0 aromatic carbocycles. The lowest BCUT2D eigenvalue weighted by atomic mass is 10.0. The van der Waals surface area contributed by atoms with Gasteiger partial charge in [-0.25, -0.2) is 0 Å². The maximum absolute atomic E-state index is 10.4. The van der Waals surface area contributed by atoms with Crippen molar-refractivity contribution in [1.82, 2.24) is 0 Å². The van der Waals surface area contributed by atoms with E-state index >= 15 is 0 Å². The van der Waals surface area contributed by atoms with Crippen molar-refractivity contribution in [2.45, 2.75) is 129 Å². The number of rotatable bonds is 20. The number of unbranched alkanes of at least 4 members (excludes halogenated alkanes) is 16. The Morgan fingerprint density at radius 2 is 0.960 bits per heavy atom. The van der Waals surface area contributed by atoms with Crippen molar-refractivity contribution >= 4 is 5.97 Å². The number of allylic oxidation sites excluding steroid dienone is 2. The van der Waals surface area contributed by atoms with Crippen LogP contribution in [0.1, 0.15) is 129 Å². The van der Waals surface area contributed by atoms with Gasteiger partial charge in [-0.15, -0.1) is 0 Å². The van der Waals surface area contributed by atoms with Gasteiger partial charge in [0.25, 0.3) is 0 Å². The van der Waals surface area contributed by atoms with Crippen molar-refractivity contribution in [3.63, 3.8) is 0 Å². The summed E-state index contributed by atoms with van der Waals surface area (Å²) in [5.74, 6) is -0.655. The van der Waals surface area contributed by atoms with Gasteiger partial charge in [-0.05, 0) is 32.1 Å². The summed E-state index contributed by atoms with van der Waals surface area (Å²) in [7, 11) is 0. The third-order valence-electron chi connectivity index (χ3n) is 4.90. The van der Waals surface area contributed by atoms with Gasteiger partial charge in [-0.3, -0.25) is 4.79 Å². The van der Waals surface area contributed by atoms with E-state index in [4.69, 9.17) is 5.11 Å². The van der Waals surface area contributed by atoms with Crippen LogP contribution in [-0.2, 0) is 4.79 Å². The first-order chi connectivity index (χ1) is 12.3. The Bertz CT molecular complexity index is 296. The van der Waals surface area contributed by atoms with Gasteiger partial charge in [-0.1, -0.05) is 103 Å². The number of aliphatic carboxylic acids is 1. The zero-order valence-corrected chi connectivity index (χ0v) is 16.9. The fourth-order valence-electron chi connectivity index (χ4n) is 3.23. The highest BCUT2D eigenvalue weighted by Crippen LogP contribution is 2.13. The lowest BCUT2D eigenvalue weighted by Gasteiger charge is -2.02. The lowest BCUT2D eigenvalue weighted by Crippen LogP contribution is -1.93. The molecule has 2 heteroatoms. The van der Waals surface area contributed by atoms with Gasteiger partial charge in [0.15, 0.2) is 0 Å². The zero-order valence-electron chi connectivity index (χ0n) is 16.9. The second kappa shape index (κ2) is 21.3. The molecule has 2 nitrogen and oxygen atoms in total. The van der Waals surface area contributed by atoms with E-state index in [9.17, 15) is 4.79 Å². The first-order valence-electron chi connectivity index (χ1n) is 11.1. The first-order valence-corrected chi connectivity index (χ1v) is 11.1.